The lowest BCUT2D eigenvalue weighted by Crippen LogP contribution is -2.50. The molecule has 1 aliphatic heterocycles. The van der Waals surface area contributed by atoms with Crippen LogP contribution in [0.3, 0.4) is 0 Å². The van der Waals surface area contributed by atoms with Crippen LogP contribution in [0.1, 0.15) is 17.2 Å². The molecule has 1 aliphatic carbocycles. The Morgan fingerprint density at radius 2 is 1.46 bits per heavy atom. The molecule has 4 heteroatoms. The van der Waals surface area contributed by atoms with Gasteiger partial charge in [0.2, 0.25) is 0 Å². The molecule has 0 radical (unpaired) electrons. The summed E-state index contributed by atoms with van der Waals surface area (Å²) >= 11 is 0. The average Bonchev–Trinajstić information content (AvgIpc) is 2.72. The Balaban J connectivity index is 1.51. The third-order valence-electron chi connectivity index (χ3n) is 4.64. The summed E-state index contributed by atoms with van der Waals surface area (Å²) in [7, 11) is 0. The van der Waals surface area contributed by atoms with E-state index in [2.05, 4.69) is 5.32 Å². The third-order valence-corrected chi connectivity index (χ3v) is 4.64. The van der Waals surface area contributed by atoms with Gasteiger partial charge in [-0.05, 0) is 11.1 Å². The van der Waals surface area contributed by atoms with Crippen molar-refractivity contribution in [2.45, 2.75) is 24.4 Å². The normalized spacial score (nSPS) is 24.3. The van der Waals surface area contributed by atoms with E-state index in [4.69, 9.17) is 9.47 Å². The molecule has 1 heterocycles. The van der Waals surface area contributed by atoms with Gasteiger partial charge in [0.1, 0.15) is 12.2 Å². The zero-order valence-electron chi connectivity index (χ0n) is 14.3. The molecule has 2 aromatic carbocycles. The molecule has 1 N–H and O–H groups in total. The minimum Gasteiger partial charge on any atom is -0.368 e. The first kappa shape index (κ1) is 16.8. The second-order valence-electron chi connectivity index (χ2n) is 6.42. The van der Waals surface area contributed by atoms with Crippen molar-refractivity contribution in [3.8, 4) is 0 Å². The highest BCUT2D eigenvalue weighted by Crippen LogP contribution is 2.24. The molecule has 3 atom stereocenters. The lowest BCUT2D eigenvalue weighted by atomic mass is 9.98. The number of carbonyl (C=O) groups excluding carboxylic acids is 1. The second-order valence-corrected chi connectivity index (χ2v) is 6.42. The van der Waals surface area contributed by atoms with Crippen molar-refractivity contribution in [2.24, 2.45) is 0 Å². The quantitative estimate of drug-likeness (QED) is 0.924. The zero-order chi connectivity index (χ0) is 17.8. The van der Waals surface area contributed by atoms with Gasteiger partial charge in [0, 0.05) is 0 Å². The Kier molecular flexibility index (Phi) is 4.95. The Morgan fingerprint density at radius 3 is 2.08 bits per heavy atom. The number of carbonyl (C=O) groups is 1. The first-order chi connectivity index (χ1) is 12.8. The van der Waals surface area contributed by atoms with E-state index in [1.807, 2.05) is 85.0 Å². The monoisotopic (exact) mass is 347 g/mol. The van der Waals surface area contributed by atoms with Crippen LogP contribution in [-0.4, -0.2) is 30.8 Å². The van der Waals surface area contributed by atoms with Gasteiger partial charge >= 0.3 is 0 Å². The van der Waals surface area contributed by atoms with Gasteiger partial charge in [-0.2, -0.15) is 0 Å². The summed E-state index contributed by atoms with van der Waals surface area (Å²) in [5.41, 5.74) is 2.06. The summed E-state index contributed by atoms with van der Waals surface area (Å²) in [6, 6.07) is 19.7. The van der Waals surface area contributed by atoms with Crippen LogP contribution in [0.25, 0.3) is 0 Å². The van der Waals surface area contributed by atoms with Crippen LogP contribution in [0.4, 0.5) is 0 Å². The summed E-state index contributed by atoms with van der Waals surface area (Å²) in [6.07, 6.45) is 6.79. The van der Waals surface area contributed by atoms with Crippen LogP contribution in [0.2, 0.25) is 0 Å². The van der Waals surface area contributed by atoms with Crippen molar-refractivity contribution in [3.63, 3.8) is 0 Å². The number of fused-ring (bicyclic) bond motifs is 1. The fraction of sp³-hybridized carbons (Fsp3) is 0.227. The van der Waals surface area contributed by atoms with Gasteiger partial charge < -0.3 is 14.8 Å². The van der Waals surface area contributed by atoms with E-state index >= 15 is 0 Å². The van der Waals surface area contributed by atoms with Gasteiger partial charge in [0.25, 0.3) is 5.91 Å². The van der Waals surface area contributed by atoms with E-state index in [-0.39, 0.29) is 30.8 Å². The highest BCUT2D eigenvalue weighted by Gasteiger charge is 2.34. The molecule has 0 aromatic heterocycles. The number of rotatable bonds is 4. The molecule has 132 valence electrons. The van der Waals surface area contributed by atoms with Gasteiger partial charge in [0.05, 0.1) is 12.6 Å². The van der Waals surface area contributed by atoms with Crippen LogP contribution in [0.5, 0.6) is 0 Å². The maximum Gasteiger partial charge on any atom is 0.252 e. The Labute approximate surface area is 153 Å². The number of allylic oxidation sites excluding steroid dienone is 2. The number of ether oxygens (including phenoxy) is 2. The molecule has 0 bridgehead atoms. The largest absolute Gasteiger partial charge is 0.368 e. The molecule has 2 aromatic rings. The molecule has 1 amide bonds. The second kappa shape index (κ2) is 7.68. The van der Waals surface area contributed by atoms with E-state index < -0.39 is 6.10 Å². The summed E-state index contributed by atoms with van der Waals surface area (Å²) < 4.78 is 11.7. The number of hydrogen-bond donors (Lipinski definition) is 1. The molecule has 0 saturated carbocycles. The Hall–Kier alpha value is -2.69. The van der Waals surface area contributed by atoms with Gasteiger partial charge in [-0.25, -0.2) is 0 Å². The molecule has 4 rings (SSSR count). The van der Waals surface area contributed by atoms with Crippen LogP contribution in [0.15, 0.2) is 85.0 Å². The SMILES string of the molecule is O=C(NC(c1ccccc1)c1ccccc1)C1COC2C=CC=CC2O1. The molecular weight excluding hydrogens is 326 g/mol. The number of nitrogens with one attached hydrogen (secondary N) is 1. The standard InChI is InChI=1S/C22H21NO3/c24-22(20-15-25-18-13-7-8-14-19(18)26-20)23-21(16-9-3-1-4-10-16)17-11-5-2-6-12-17/h1-14,18-21H,15H2,(H,23,24). The minimum atomic E-state index is -0.623. The molecule has 0 spiro atoms. The predicted molar refractivity (Wildman–Crippen MR) is 99.6 cm³/mol. The van der Waals surface area contributed by atoms with Gasteiger partial charge in [-0.15, -0.1) is 0 Å². The third kappa shape index (κ3) is 3.62. The summed E-state index contributed by atoms with van der Waals surface area (Å²) in [5, 5.41) is 3.13. The van der Waals surface area contributed by atoms with E-state index in [0.29, 0.717) is 0 Å². The smallest absolute Gasteiger partial charge is 0.252 e. The molecule has 4 nitrogen and oxygen atoms in total. The lowest BCUT2D eigenvalue weighted by molar-refractivity contribution is -0.168. The van der Waals surface area contributed by atoms with E-state index in [1.54, 1.807) is 0 Å². The molecule has 2 aliphatic rings. The fourth-order valence-corrected chi connectivity index (χ4v) is 3.29. The average molecular weight is 347 g/mol. The van der Waals surface area contributed by atoms with Crippen molar-refractivity contribution < 1.29 is 14.3 Å². The fourth-order valence-electron chi connectivity index (χ4n) is 3.29. The first-order valence-corrected chi connectivity index (χ1v) is 8.83. The van der Waals surface area contributed by atoms with Crippen LogP contribution < -0.4 is 5.32 Å². The number of hydrogen-bond acceptors (Lipinski definition) is 3. The molecule has 1 saturated heterocycles. The lowest BCUT2D eigenvalue weighted by Gasteiger charge is -2.35. The van der Waals surface area contributed by atoms with Crippen molar-refractivity contribution in [1.82, 2.24) is 5.32 Å². The zero-order valence-corrected chi connectivity index (χ0v) is 14.3. The van der Waals surface area contributed by atoms with Crippen molar-refractivity contribution >= 4 is 5.91 Å². The maximum atomic E-state index is 12.9. The minimum absolute atomic E-state index is 0.108. The van der Waals surface area contributed by atoms with Crippen LogP contribution >= 0.6 is 0 Å². The van der Waals surface area contributed by atoms with Gasteiger partial charge in [-0.1, -0.05) is 85.0 Å². The molecule has 1 fully saturated rings. The van der Waals surface area contributed by atoms with Crippen molar-refractivity contribution in [2.75, 3.05) is 6.61 Å². The van der Waals surface area contributed by atoms with E-state index in [0.717, 1.165) is 11.1 Å². The topological polar surface area (TPSA) is 47.6 Å². The van der Waals surface area contributed by atoms with E-state index in [1.165, 1.54) is 0 Å². The highest BCUT2D eigenvalue weighted by atomic mass is 16.6. The molecule has 26 heavy (non-hydrogen) atoms. The summed E-state index contributed by atoms with van der Waals surface area (Å²) in [5.74, 6) is -0.163. The molecule has 3 unspecified atom stereocenters. The van der Waals surface area contributed by atoms with Crippen LogP contribution in [0, 0.1) is 0 Å². The summed E-state index contributed by atoms with van der Waals surface area (Å²) in [6.45, 7) is 0.251. The number of benzene rings is 2. The highest BCUT2D eigenvalue weighted by molar-refractivity contribution is 5.82. The first-order valence-electron chi connectivity index (χ1n) is 8.83. The summed E-state index contributed by atoms with van der Waals surface area (Å²) in [4.78, 5) is 12.9. The maximum absolute atomic E-state index is 12.9. The van der Waals surface area contributed by atoms with Crippen molar-refractivity contribution in [3.05, 3.63) is 96.1 Å². The van der Waals surface area contributed by atoms with Gasteiger partial charge in [0.15, 0.2) is 6.10 Å². The Morgan fingerprint density at radius 1 is 0.885 bits per heavy atom. The van der Waals surface area contributed by atoms with Gasteiger partial charge in [-0.3, -0.25) is 4.79 Å². The predicted octanol–water partition coefficient (Wildman–Crippen LogP) is 3.17. The molecular formula is C22H21NO3. The Bertz CT molecular complexity index is 761. The van der Waals surface area contributed by atoms with Crippen LogP contribution in [-0.2, 0) is 14.3 Å². The van der Waals surface area contributed by atoms with Crippen molar-refractivity contribution in [1.29, 1.82) is 0 Å². The number of amides is 1. The van der Waals surface area contributed by atoms with E-state index in [9.17, 15) is 4.79 Å².